The highest BCUT2D eigenvalue weighted by molar-refractivity contribution is 5.71. The Morgan fingerprint density at radius 3 is 2.35 bits per heavy atom. The maximum absolute atomic E-state index is 11.7. The molecule has 0 spiro atoms. The minimum Gasteiger partial charge on any atom is -0.469 e. The van der Waals surface area contributed by atoms with Crippen LogP contribution in [0, 0.1) is 0 Å². The number of esters is 1. The van der Waals surface area contributed by atoms with Gasteiger partial charge in [-0.25, -0.2) is 0 Å². The molecule has 1 aromatic carbocycles. The standard InChI is InChI=1S/C16H26N2O2/c1-6-11-17-16(2,12-15(19)20-5)13-7-9-14(10-8-13)18(3)4/h7-10,17H,6,11-12H2,1-5H3. The molecule has 0 saturated heterocycles. The highest BCUT2D eigenvalue weighted by Crippen LogP contribution is 2.27. The fourth-order valence-electron chi connectivity index (χ4n) is 2.16. The lowest BCUT2D eigenvalue weighted by molar-refractivity contribution is -0.142. The van der Waals surface area contributed by atoms with Gasteiger partial charge in [0.1, 0.15) is 0 Å². The lowest BCUT2D eigenvalue weighted by atomic mass is 9.88. The third-order valence-electron chi connectivity index (χ3n) is 3.51. The Hall–Kier alpha value is -1.55. The molecule has 0 aliphatic heterocycles. The Bertz CT molecular complexity index is 429. The molecule has 0 aromatic heterocycles. The molecule has 4 nitrogen and oxygen atoms in total. The van der Waals surface area contributed by atoms with Crippen molar-refractivity contribution in [2.45, 2.75) is 32.2 Å². The topological polar surface area (TPSA) is 41.6 Å². The predicted molar refractivity (Wildman–Crippen MR) is 83.0 cm³/mol. The average Bonchev–Trinajstić information content (AvgIpc) is 2.45. The van der Waals surface area contributed by atoms with Crippen LogP contribution < -0.4 is 10.2 Å². The van der Waals surface area contributed by atoms with Gasteiger partial charge in [-0.2, -0.15) is 0 Å². The number of hydrogen-bond acceptors (Lipinski definition) is 4. The highest BCUT2D eigenvalue weighted by Gasteiger charge is 2.29. The van der Waals surface area contributed by atoms with Crippen LogP contribution in [0.3, 0.4) is 0 Å². The molecular formula is C16H26N2O2. The van der Waals surface area contributed by atoms with E-state index in [1.165, 1.54) is 7.11 Å². The normalized spacial score (nSPS) is 13.7. The van der Waals surface area contributed by atoms with Crippen LogP contribution in [0.2, 0.25) is 0 Å². The van der Waals surface area contributed by atoms with Crippen molar-refractivity contribution in [3.63, 3.8) is 0 Å². The lowest BCUT2D eigenvalue weighted by Gasteiger charge is -2.31. The molecule has 1 rings (SSSR count). The van der Waals surface area contributed by atoms with E-state index in [0.717, 1.165) is 24.2 Å². The Morgan fingerprint density at radius 2 is 1.90 bits per heavy atom. The fourth-order valence-corrected chi connectivity index (χ4v) is 2.16. The summed E-state index contributed by atoms with van der Waals surface area (Å²) >= 11 is 0. The third kappa shape index (κ3) is 4.23. The lowest BCUT2D eigenvalue weighted by Crippen LogP contribution is -2.42. The molecule has 0 aliphatic carbocycles. The number of rotatable bonds is 7. The molecule has 0 bridgehead atoms. The molecule has 0 amide bonds. The van der Waals surface area contributed by atoms with Crippen molar-refractivity contribution in [3.05, 3.63) is 29.8 Å². The van der Waals surface area contributed by atoms with Crippen LogP contribution in [-0.2, 0) is 15.1 Å². The van der Waals surface area contributed by atoms with Crippen LogP contribution in [0.25, 0.3) is 0 Å². The van der Waals surface area contributed by atoms with E-state index in [4.69, 9.17) is 4.74 Å². The zero-order valence-corrected chi connectivity index (χ0v) is 13.2. The molecule has 0 heterocycles. The first kappa shape index (κ1) is 16.5. The number of carbonyl (C=O) groups excluding carboxylic acids is 1. The number of nitrogens with one attached hydrogen (secondary N) is 1. The molecule has 1 atom stereocenters. The van der Waals surface area contributed by atoms with Gasteiger partial charge in [-0.15, -0.1) is 0 Å². The molecule has 1 unspecified atom stereocenters. The zero-order valence-electron chi connectivity index (χ0n) is 13.2. The van der Waals surface area contributed by atoms with Gasteiger partial charge >= 0.3 is 5.97 Å². The number of methoxy groups -OCH3 is 1. The summed E-state index contributed by atoms with van der Waals surface area (Å²) in [7, 11) is 5.45. The van der Waals surface area contributed by atoms with Crippen LogP contribution in [0.5, 0.6) is 0 Å². The molecule has 0 saturated carbocycles. The number of carbonyl (C=O) groups is 1. The fraction of sp³-hybridized carbons (Fsp3) is 0.562. The molecular weight excluding hydrogens is 252 g/mol. The number of hydrogen-bond donors (Lipinski definition) is 1. The van der Waals surface area contributed by atoms with Crippen LogP contribution in [0.4, 0.5) is 5.69 Å². The van der Waals surface area contributed by atoms with Gasteiger partial charge in [-0.3, -0.25) is 4.79 Å². The molecule has 0 aliphatic rings. The first-order chi connectivity index (χ1) is 9.42. The third-order valence-corrected chi connectivity index (χ3v) is 3.51. The van der Waals surface area contributed by atoms with Crippen LogP contribution >= 0.6 is 0 Å². The van der Waals surface area contributed by atoms with E-state index in [9.17, 15) is 4.79 Å². The number of anilines is 1. The summed E-state index contributed by atoms with van der Waals surface area (Å²) in [5, 5.41) is 3.46. The van der Waals surface area contributed by atoms with Gasteiger partial charge in [0.15, 0.2) is 0 Å². The second-order valence-electron chi connectivity index (χ2n) is 5.45. The number of nitrogens with zero attached hydrogens (tertiary/aromatic N) is 1. The van der Waals surface area contributed by atoms with Crippen molar-refractivity contribution in [2.24, 2.45) is 0 Å². The monoisotopic (exact) mass is 278 g/mol. The Labute approximate surface area is 122 Å². The van der Waals surface area contributed by atoms with Crippen LogP contribution in [-0.4, -0.2) is 33.7 Å². The van der Waals surface area contributed by atoms with E-state index in [0.29, 0.717) is 6.42 Å². The summed E-state index contributed by atoms with van der Waals surface area (Å²) in [5.74, 6) is -0.201. The van der Waals surface area contributed by atoms with Gasteiger partial charge in [-0.1, -0.05) is 19.1 Å². The highest BCUT2D eigenvalue weighted by atomic mass is 16.5. The summed E-state index contributed by atoms with van der Waals surface area (Å²) in [4.78, 5) is 13.7. The number of benzene rings is 1. The van der Waals surface area contributed by atoms with Gasteiger partial charge in [0.25, 0.3) is 0 Å². The molecule has 4 heteroatoms. The summed E-state index contributed by atoms with van der Waals surface area (Å²) < 4.78 is 4.82. The van der Waals surface area contributed by atoms with Gasteiger partial charge in [0.2, 0.25) is 0 Å². The second-order valence-corrected chi connectivity index (χ2v) is 5.45. The van der Waals surface area contributed by atoms with E-state index in [-0.39, 0.29) is 5.97 Å². The predicted octanol–water partition coefficient (Wildman–Crippen LogP) is 2.53. The summed E-state index contributed by atoms with van der Waals surface area (Å²) in [6.07, 6.45) is 1.34. The van der Waals surface area contributed by atoms with Gasteiger partial charge in [0.05, 0.1) is 19.1 Å². The Balaban J connectivity index is 2.99. The first-order valence-electron chi connectivity index (χ1n) is 7.02. The first-order valence-corrected chi connectivity index (χ1v) is 7.02. The quantitative estimate of drug-likeness (QED) is 0.778. The number of ether oxygens (including phenoxy) is 1. The van der Waals surface area contributed by atoms with Crippen molar-refractivity contribution < 1.29 is 9.53 Å². The molecule has 1 aromatic rings. The van der Waals surface area contributed by atoms with Crippen LogP contribution in [0.15, 0.2) is 24.3 Å². The summed E-state index contributed by atoms with van der Waals surface area (Å²) in [6.45, 7) is 5.02. The van der Waals surface area contributed by atoms with E-state index in [1.54, 1.807) is 0 Å². The van der Waals surface area contributed by atoms with Crippen molar-refractivity contribution in [1.82, 2.24) is 5.32 Å². The minimum absolute atomic E-state index is 0.201. The van der Waals surface area contributed by atoms with E-state index >= 15 is 0 Å². The smallest absolute Gasteiger partial charge is 0.307 e. The minimum atomic E-state index is -0.395. The van der Waals surface area contributed by atoms with Crippen molar-refractivity contribution in [2.75, 3.05) is 32.6 Å². The van der Waals surface area contributed by atoms with Crippen molar-refractivity contribution in [3.8, 4) is 0 Å². The molecule has 112 valence electrons. The molecule has 1 N–H and O–H groups in total. The van der Waals surface area contributed by atoms with E-state index < -0.39 is 5.54 Å². The maximum atomic E-state index is 11.7. The van der Waals surface area contributed by atoms with Crippen molar-refractivity contribution >= 4 is 11.7 Å². The summed E-state index contributed by atoms with van der Waals surface area (Å²) in [5.41, 5.74) is 1.85. The molecule has 0 fully saturated rings. The maximum Gasteiger partial charge on any atom is 0.307 e. The van der Waals surface area contributed by atoms with E-state index in [2.05, 4.69) is 41.4 Å². The largest absolute Gasteiger partial charge is 0.469 e. The van der Waals surface area contributed by atoms with Crippen molar-refractivity contribution in [1.29, 1.82) is 0 Å². The van der Waals surface area contributed by atoms with Crippen LogP contribution in [0.1, 0.15) is 32.3 Å². The molecule has 0 radical (unpaired) electrons. The zero-order chi connectivity index (χ0) is 15.2. The molecule has 20 heavy (non-hydrogen) atoms. The van der Waals surface area contributed by atoms with Gasteiger partial charge in [0, 0.05) is 19.8 Å². The Kier molecular flexibility index (Phi) is 6.02. The second kappa shape index (κ2) is 7.29. The SMILES string of the molecule is CCCNC(C)(CC(=O)OC)c1ccc(N(C)C)cc1. The summed E-state index contributed by atoms with van der Waals surface area (Å²) in [6, 6.07) is 8.28. The van der Waals surface area contributed by atoms with Gasteiger partial charge < -0.3 is 15.0 Å². The van der Waals surface area contributed by atoms with Gasteiger partial charge in [-0.05, 0) is 37.6 Å². The van der Waals surface area contributed by atoms with E-state index in [1.807, 2.05) is 21.0 Å². The average molecular weight is 278 g/mol. The Morgan fingerprint density at radius 1 is 1.30 bits per heavy atom.